The largest absolute Gasteiger partial charge is 0.462 e. The highest BCUT2D eigenvalue weighted by atomic mass is 35.5. The van der Waals surface area contributed by atoms with Crippen LogP contribution in [0, 0.1) is 0 Å². The van der Waals surface area contributed by atoms with E-state index >= 15 is 0 Å². The Balaban J connectivity index is 2.01. The Morgan fingerprint density at radius 2 is 1.30 bits per heavy atom. The van der Waals surface area contributed by atoms with Gasteiger partial charge in [-0.15, -0.1) is 0 Å². The van der Waals surface area contributed by atoms with Crippen molar-refractivity contribution in [2.45, 2.75) is 71.1 Å². The van der Waals surface area contributed by atoms with Crippen molar-refractivity contribution in [3.63, 3.8) is 0 Å². The van der Waals surface area contributed by atoms with E-state index in [1.54, 1.807) is 18.2 Å². The Morgan fingerprint density at radius 3 is 1.83 bits per heavy atom. The van der Waals surface area contributed by atoms with E-state index in [9.17, 15) is 4.79 Å². The first-order valence-electron chi connectivity index (χ1n) is 8.76. The summed E-state index contributed by atoms with van der Waals surface area (Å²) >= 11 is 11.7. The third-order valence-electron chi connectivity index (χ3n) is 3.83. The van der Waals surface area contributed by atoms with Gasteiger partial charge in [-0.1, -0.05) is 87.9 Å². The maximum absolute atomic E-state index is 11.9. The Kier molecular flexibility index (Phi) is 11.2. The van der Waals surface area contributed by atoms with Crippen LogP contribution in [0.15, 0.2) is 18.2 Å². The van der Waals surface area contributed by atoms with Crippen LogP contribution in [0.1, 0.15) is 81.5 Å². The van der Waals surface area contributed by atoms with Crippen molar-refractivity contribution < 1.29 is 9.53 Å². The molecule has 0 aliphatic carbocycles. The minimum absolute atomic E-state index is 0.356. The quantitative estimate of drug-likeness (QED) is 0.295. The standard InChI is InChI=1S/C19H28Cl2O2/c1-2-3-4-5-6-7-8-9-10-11-12-23-19(22)16-13-17(20)15-18(21)14-16/h13-15H,2-12H2,1H3. The van der Waals surface area contributed by atoms with Crippen LogP contribution in [0.5, 0.6) is 0 Å². The van der Waals surface area contributed by atoms with Crippen LogP contribution >= 0.6 is 23.2 Å². The van der Waals surface area contributed by atoms with Gasteiger partial charge in [0.2, 0.25) is 0 Å². The molecule has 0 saturated carbocycles. The van der Waals surface area contributed by atoms with Crippen LogP contribution in [0.2, 0.25) is 10.0 Å². The van der Waals surface area contributed by atoms with E-state index in [0.29, 0.717) is 22.2 Å². The first kappa shape index (κ1) is 20.3. The van der Waals surface area contributed by atoms with Gasteiger partial charge in [-0.25, -0.2) is 4.79 Å². The van der Waals surface area contributed by atoms with Gasteiger partial charge < -0.3 is 4.74 Å². The molecule has 130 valence electrons. The maximum Gasteiger partial charge on any atom is 0.338 e. The Morgan fingerprint density at radius 1 is 0.826 bits per heavy atom. The van der Waals surface area contributed by atoms with Crippen molar-refractivity contribution in [2.24, 2.45) is 0 Å². The number of halogens is 2. The summed E-state index contributed by atoms with van der Waals surface area (Å²) in [4.78, 5) is 11.9. The van der Waals surface area contributed by atoms with E-state index in [-0.39, 0.29) is 5.97 Å². The van der Waals surface area contributed by atoms with E-state index in [1.165, 1.54) is 51.4 Å². The number of carbonyl (C=O) groups is 1. The molecular weight excluding hydrogens is 331 g/mol. The second kappa shape index (κ2) is 12.7. The van der Waals surface area contributed by atoms with Crippen molar-refractivity contribution >= 4 is 29.2 Å². The smallest absolute Gasteiger partial charge is 0.338 e. The normalized spacial score (nSPS) is 10.7. The Labute approximate surface area is 150 Å². The highest BCUT2D eigenvalue weighted by molar-refractivity contribution is 6.35. The van der Waals surface area contributed by atoms with Crippen LogP contribution in [-0.4, -0.2) is 12.6 Å². The minimum atomic E-state index is -0.356. The third-order valence-corrected chi connectivity index (χ3v) is 4.27. The highest BCUT2D eigenvalue weighted by Crippen LogP contribution is 2.19. The lowest BCUT2D eigenvalue weighted by atomic mass is 10.1. The van der Waals surface area contributed by atoms with Crippen LogP contribution in [0.3, 0.4) is 0 Å². The summed E-state index contributed by atoms with van der Waals surface area (Å²) in [6.07, 6.45) is 12.6. The van der Waals surface area contributed by atoms with Crippen LogP contribution in [-0.2, 0) is 4.74 Å². The first-order chi connectivity index (χ1) is 11.1. The zero-order valence-electron chi connectivity index (χ0n) is 14.1. The van der Waals surface area contributed by atoms with Crippen molar-refractivity contribution in [3.8, 4) is 0 Å². The molecule has 0 spiro atoms. The van der Waals surface area contributed by atoms with Gasteiger partial charge in [-0.2, -0.15) is 0 Å². The summed E-state index contributed by atoms with van der Waals surface area (Å²) in [5.74, 6) is -0.356. The second-order valence-corrected chi connectivity index (χ2v) is 6.85. The highest BCUT2D eigenvalue weighted by Gasteiger charge is 2.09. The number of benzene rings is 1. The molecule has 0 heterocycles. The van der Waals surface area contributed by atoms with E-state index in [1.807, 2.05) is 0 Å². The summed E-state index contributed by atoms with van der Waals surface area (Å²) in [7, 11) is 0. The Bertz CT molecular complexity index is 440. The van der Waals surface area contributed by atoms with Crippen molar-refractivity contribution in [1.82, 2.24) is 0 Å². The minimum Gasteiger partial charge on any atom is -0.462 e. The van der Waals surface area contributed by atoms with Crippen LogP contribution in [0.25, 0.3) is 0 Å². The lowest BCUT2D eigenvalue weighted by molar-refractivity contribution is 0.0497. The summed E-state index contributed by atoms with van der Waals surface area (Å²) in [5.41, 5.74) is 0.412. The topological polar surface area (TPSA) is 26.3 Å². The van der Waals surface area contributed by atoms with Gasteiger partial charge in [0, 0.05) is 10.0 Å². The lowest BCUT2D eigenvalue weighted by Crippen LogP contribution is -2.06. The lowest BCUT2D eigenvalue weighted by Gasteiger charge is -2.06. The zero-order chi connectivity index (χ0) is 16.9. The molecule has 0 aliphatic rings. The molecule has 1 rings (SSSR count). The predicted molar refractivity (Wildman–Crippen MR) is 98.6 cm³/mol. The maximum atomic E-state index is 11.9. The molecule has 0 aliphatic heterocycles. The molecular formula is C19H28Cl2O2. The fourth-order valence-electron chi connectivity index (χ4n) is 2.51. The average Bonchev–Trinajstić information content (AvgIpc) is 2.51. The van der Waals surface area contributed by atoms with Gasteiger partial charge in [0.15, 0.2) is 0 Å². The molecule has 2 nitrogen and oxygen atoms in total. The molecule has 0 N–H and O–H groups in total. The molecule has 4 heteroatoms. The zero-order valence-corrected chi connectivity index (χ0v) is 15.6. The van der Waals surface area contributed by atoms with Gasteiger partial charge in [-0.3, -0.25) is 0 Å². The molecule has 0 amide bonds. The van der Waals surface area contributed by atoms with Crippen molar-refractivity contribution in [2.75, 3.05) is 6.61 Å². The summed E-state index contributed by atoms with van der Waals surface area (Å²) in [6, 6.07) is 4.75. The fourth-order valence-corrected chi connectivity index (χ4v) is 3.04. The molecule has 0 atom stereocenters. The van der Waals surface area contributed by atoms with Gasteiger partial charge >= 0.3 is 5.97 Å². The van der Waals surface area contributed by atoms with E-state index in [0.717, 1.165) is 12.8 Å². The number of unbranched alkanes of at least 4 members (excludes halogenated alkanes) is 9. The summed E-state index contributed by atoms with van der Waals surface area (Å²) in [5, 5.41) is 0.895. The molecule has 23 heavy (non-hydrogen) atoms. The van der Waals surface area contributed by atoms with E-state index in [2.05, 4.69) is 6.92 Å². The number of carbonyl (C=O) groups excluding carboxylic acids is 1. The molecule has 0 aromatic heterocycles. The number of rotatable bonds is 12. The van der Waals surface area contributed by atoms with Gasteiger partial charge in [0.05, 0.1) is 12.2 Å². The monoisotopic (exact) mass is 358 g/mol. The number of ether oxygens (including phenoxy) is 1. The summed E-state index contributed by atoms with van der Waals surface area (Å²) < 4.78 is 5.25. The Hall–Kier alpha value is -0.730. The SMILES string of the molecule is CCCCCCCCCCCCOC(=O)c1cc(Cl)cc(Cl)c1. The van der Waals surface area contributed by atoms with Gasteiger partial charge in [-0.05, 0) is 24.6 Å². The molecule has 0 fully saturated rings. The number of hydrogen-bond acceptors (Lipinski definition) is 2. The molecule has 0 saturated heterocycles. The number of esters is 1. The molecule has 0 unspecified atom stereocenters. The van der Waals surface area contributed by atoms with Gasteiger partial charge in [0.1, 0.15) is 0 Å². The van der Waals surface area contributed by atoms with E-state index < -0.39 is 0 Å². The fraction of sp³-hybridized carbons (Fsp3) is 0.632. The average molecular weight is 359 g/mol. The van der Waals surface area contributed by atoms with Crippen molar-refractivity contribution in [3.05, 3.63) is 33.8 Å². The number of hydrogen-bond donors (Lipinski definition) is 0. The third kappa shape index (κ3) is 9.88. The van der Waals surface area contributed by atoms with E-state index in [4.69, 9.17) is 27.9 Å². The molecule has 1 aromatic carbocycles. The van der Waals surface area contributed by atoms with Crippen LogP contribution < -0.4 is 0 Å². The molecule has 1 aromatic rings. The van der Waals surface area contributed by atoms with Crippen LogP contribution in [0.4, 0.5) is 0 Å². The first-order valence-corrected chi connectivity index (χ1v) is 9.52. The molecule has 0 radical (unpaired) electrons. The second-order valence-electron chi connectivity index (χ2n) is 5.98. The predicted octanol–water partition coefficient (Wildman–Crippen LogP) is 7.07. The summed E-state index contributed by atoms with van der Waals surface area (Å²) in [6.45, 7) is 2.70. The van der Waals surface area contributed by atoms with Crippen molar-refractivity contribution in [1.29, 1.82) is 0 Å². The molecule has 0 bridgehead atoms. The van der Waals surface area contributed by atoms with Gasteiger partial charge in [0.25, 0.3) is 0 Å².